The van der Waals surface area contributed by atoms with Crippen molar-refractivity contribution in [2.75, 3.05) is 6.61 Å². The van der Waals surface area contributed by atoms with Gasteiger partial charge in [-0.05, 0) is 6.92 Å². The molecular weight excluding hydrogens is 184 g/mol. The molecule has 4 nitrogen and oxygen atoms in total. The van der Waals surface area contributed by atoms with Gasteiger partial charge in [-0.2, -0.15) is 0 Å². The van der Waals surface area contributed by atoms with Crippen molar-refractivity contribution in [3.05, 3.63) is 0 Å². The minimum Gasteiger partial charge on any atom is -0.435 e. The Morgan fingerprint density at radius 3 is 2.93 bits per heavy atom. The van der Waals surface area contributed by atoms with E-state index in [9.17, 15) is 4.79 Å². The maximum absolute atomic E-state index is 11.3. The first-order chi connectivity index (χ1) is 6.58. The lowest BCUT2D eigenvalue weighted by molar-refractivity contribution is -0.203. The highest BCUT2D eigenvalue weighted by Crippen LogP contribution is 2.50. The number of rotatable bonds is 2. The lowest BCUT2D eigenvalue weighted by atomic mass is 9.78. The fraction of sp³-hybridized carbons (Fsp3) is 0.900. The molecule has 0 bridgehead atoms. The minimum absolute atomic E-state index is 0.0991. The highest BCUT2D eigenvalue weighted by Gasteiger charge is 2.58. The van der Waals surface area contributed by atoms with Crippen LogP contribution in [0.4, 0.5) is 0 Å². The van der Waals surface area contributed by atoms with Crippen LogP contribution in [0.25, 0.3) is 0 Å². The molecule has 0 aromatic heterocycles. The van der Waals surface area contributed by atoms with Crippen LogP contribution >= 0.6 is 0 Å². The maximum Gasteiger partial charge on any atom is 0.311 e. The zero-order chi connectivity index (χ0) is 10.3. The molecule has 0 aromatic carbocycles. The fourth-order valence-electron chi connectivity index (χ4n) is 2.10. The number of carbonyl (C=O) groups is 1. The van der Waals surface area contributed by atoms with Gasteiger partial charge >= 0.3 is 5.97 Å². The van der Waals surface area contributed by atoms with Gasteiger partial charge in [0.15, 0.2) is 6.29 Å². The molecule has 14 heavy (non-hydrogen) atoms. The van der Waals surface area contributed by atoms with Crippen LogP contribution in [0.3, 0.4) is 0 Å². The van der Waals surface area contributed by atoms with E-state index in [1.54, 1.807) is 0 Å². The smallest absolute Gasteiger partial charge is 0.311 e. The van der Waals surface area contributed by atoms with Gasteiger partial charge in [0.25, 0.3) is 0 Å². The molecule has 0 amide bonds. The molecule has 0 aromatic rings. The van der Waals surface area contributed by atoms with Crippen LogP contribution in [-0.4, -0.2) is 25.2 Å². The summed E-state index contributed by atoms with van der Waals surface area (Å²) in [6, 6.07) is 0. The number of carbonyl (C=O) groups excluding carboxylic acids is 1. The quantitative estimate of drug-likeness (QED) is 0.630. The summed E-state index contributed by atoms with van der Waals surface area (Å²) in [5.74, 6) is -0.259. The van der Waals surface area contributed by atoms with E-state index in [0.29, 0.717) is 6.61 Å². The van der Waals surface area contributed by atoms with Crippen LogP contribution < -0.4 is 0 Å². The van der Waals surface area contributed by atoms with E-state index in [0.717, 1.165) is 6.42 Å². The molecule has 80 valence electrons. The first-order valence-corrected chi connectivity index (χ1v) is 5.05. The third-order valence-electron chi connectivity index (χ3n) is 3.34. The molecule has 2 heterocycles. The summed E-state index contributed by atoms with van der Waals surface area (Å²) >= 11 is 0. The molecule has 2 aliphatic heterocycles. The van der Waals surface area contributed by atoms with E-state index in [4.69, 9.17) is 14.2 Å². The summed E-state index contributed by atoms with van der Waals surface area (Å²) < 4.78 is 16.0. The monoisotopic (exact) mass is 200 g/mol. The molecular formula is C10H16O4. The Bertz CT molecular complexity index is 253. The van der Waals surface area contributed by atoms with E-state index in [1.165, 1.54) is 0 Å². The second kappa shape index (κ2) is 3.21. The van der Waals surface area contributed by atoms with Gasteiger partial charge in [-0.3, -0.25) is 4.79 Å². The van der Waals surface area contributed by atoms with Crippen LogP contribution in [0.1, 0.15) is 27.2 Å². The Balaban J connectivity index is 2.10. The average Bonchev–Trinajstić information content (AvgIpc) is 2.52. The number of hydrogen-bond donors (Lipinski definition) is 0. The first kappa shape index (κ1) is 9.93. The van der Waals surface area contributed by atoms with Crippen molar-refractivity contribution in [3.8, 4) is 0 Å². The van der Waals surface area contributed by atoms with Crippen molar-refractivity contribution in [2.45, 2.75) is 39.8 Å². The van der Waals surface area contributed by atoms with Crippen LogP contribution in [0.2, 0.25) is 0 Å². The number of ether oxygens (including phenoxy) is 3. The van der Waals surface area contributed by atoms with Gasteiger partial charge in [-0.15, -0.1) is 0 Å². The lowest BCUT2D eigenvalue weighted by Gasteiger charge is -2.21. The van der Waals surface area contributed by atoms with E-state index in [-0.39, 0.29) is 23.6 Å². The SMILES string of the molecule is CCO[C@@H]1C[C@@]2(C)[C@H](OC(=O)[C@H]2C)O1. The highest BCUT2D eigenvalue weighted by atomic mass is 16.8. The molecule has 2 rings (SSSR count). The Hall–Kier alpha value is -0.610. The molecule has 4 heteroatoms. The number of fused-ring (bicyclic) bond motifs is 1. The molecule has 0 N–H and O–H groups in total. The number of esters is 1. The Morgan fingerprint density at radius 2 is 2.36 bits per heavy atom. The summed E-state index contributed by atoms with van der Waals surface area (Å²) in [6.45, 7) is 6.46. The summed E-state index contributed by atoms with van der Waals surface area (Å²) in [5, 5.41) is 0. The highest BCUT2D eigenvalue weighted by molar-refractivity contribution is 5.75. The van der Waals surface area contributed by atoms with Gasteiger partial charge < -0.3 is 14.2 Å². The fourth-order valence-corrected chi connectivity index (χ4v) is 2.10. The lowest BCUT2D eigenvalue weighted by Crippen LogP contribution is -2.27. The predicted octanol–water partition coefficient (Wildman–Crippen LogP) is 1.29. The molecule has 2 fully saturated rings. The van der Waals surface area contributed by atoms with Crippen molar-refractivity contribution in [1.82, 2.24) is 0 Å². The zero-order valence-electron chi connectivity index (χ0n) is 8.78. The second-order valence-corrected chi connectivity index (χ2v) is 4.22. The Kier molecular flexibility index (Phi) is 2.27. The van der Waals surface area contributed by atoms with Crippen molar-refractivity contribution in [2.24, 2.45) is 11.3 Å². The van der Waals surface area contributed by atoms with Crippen LogP contribution in [0, 0.1) is 11.3 Å². The van der Waals surface area contributed by atoms with Crippen molar-refractivity contribution < 1.29 is 19.0 Å². The molecule has 0 saturated carbocycles. The minimum atomic E-state index is -0.415. The summed E-state index contributed by atoms with van der Waals surface area (Å²) in [5.41, 5.74) is -0.211. The first-order valence-electron chi connectivity index (χ1n) is 5.05. The average molecular weight is 200 g/mol. The van der Waals surface area contributed by atoms with E-state index < -0.39 is 6.29 Å². The molecule has 4 atom stereocenters. The van der Waals surface area contributed by atoms with Crippen molar-refractivity contribution >= 4 is 5.97 Å². The normalized spacial score (nSPS) is 46.5. The molecule has 0 unspecified atom stereocenters. The second-order valence-electron chi connectivity index (χ2n) is 4.22. The molecule has 2 aliphatic rings. The third kappa shape index (κ3) is 1.25. The molecule has 2 saturated heterocycles. The van der Waals surface area contributed by atoms with E-state index in [2.05, 4.69) is 0 Å². The van der Waals surface area contributed by atoms with Gasteiger partial charge in [0.1, 0.15) is 0 Å². The van der Waals surface area contributed by atoms with Crippen LogP contribution in [0.15, 0.2) is 0 Å². The molecule has 0 aliphatic carbocycles. The molecule has 0 spiro atoms. The largest absolute Gasteiger partial charge is 0.435 e. The topological polar surface area (TPSA) is 44.8 Å². The third-order valence-corrected chi connectivity index (χ3v) is 3.34. The maximum atomic E-state index is 11.3. The van der Waals surface area contributed by atoms with E-state index >= 15 is 0 Å². The summed E-state index contributed by atoms with van der Waals surface area (Å²) in [7, 11) is 0. The standard InChI is InChI=1S/C10H16O4/c1-4-12-7-5-10(3)6(2)8(11)14-9(10)13-7/h6-7,9H,4-5H2,1-3H3/t6-,7+,9+,10-/m1/s1. The van der Waals surface area contributed by atoms with Gasteiger partial charge in [-0.25, -0.2) is 0 Å². The number of hydrogen-bond acceptors (Lipinski definition) is 4. The zero-order valence-corrected chi connectivity index (χ0v) is 8.78. The Morgan fingerprint density at radius 1 is 1.64 bits per heavy atom. The van der Waals surface area contributed by atoms with Crippen molar-refractivity contribution in [1.29, 1.82) is 0 Å². The summed E-state index contributed by atoms with van der Waals surface area (Å²) in [6.07, 6.45) is 0.102. The van der Waals surface area contributed by atoms with E-state index in [1.807, 2.05) is 20.8 Å². The van der Waals surface area contributed by atoms with Crippen LogP contribution in [0.5, 0.6) is 0 Å². The van der Waals surface area contributed by atoms with Gasteiger partial charge in [0, 0.05) is 18.4 Å². The molecule has 0 radical (unpaired) electrons. The van der Waals surface area contributed by atoms with Gasteiger partial charge in [0.05, 0.1) is 5.92 Å². The predicted molar refractivity (Wildman–Crippen MR) is 48.3 cm³/mol. The van der Waals surface area contributed by atoms with Crippen LogP contribution in [-0.2, 0) is 19.0 Å². The summed E-state index contributed by atoms with van der Waals surface area (Å²) in [4.78, 5) is 11.3. The Labute approximate surface area is 83.5 Å². The van der Waals surface area contributed by atoms with Gasteiger partial charge in [-0.1, -0.05) is 13.8 Å². The van der Waals surface area contributed by atoms with Gasteiger partial charge in [0.2, 0.25) is 6.29 Å². The van der Waals surface area contributed by atoms with Crippen molar-refractivity contribution in [3.63, 3.8) is 0 Å².